The van der Waals surface area contributed by atoms with Crippen LogP contribution in [0.3, 0.4) is 0 Å². The summed E-state index contributed by atoms with van der Waals surface area (Å²) in [6.07, 6.45) is 11.9. The lowest BCUT2D eigenvalue weighted by atomic mass is 9.88. The second kappa shape index (κ2) is 10.2. The standard InChI is InChI=1S/C20H34N4O3/c1-2-6-16-13-24(23-22-16)12-11-17-9-10-18(19(14-25)27-17)21-20(26)15-7-4-3-5-8-15/h13,15,17-19,25H,2-12,14H2,1H3,(H,21,26)/t17-,18+,19+/m1/s1. The van der Waals surface area contributed by atoms with Crippen molar-refractivity contribution >= 4 is 5.91 Å². The van der Waals surface area contributed by atoms with Gasteiger partial charge < -0.3 is 15.2 Å². The zero-order valence-corrected chi connectivity index (χ0v) is 16.5. The molecule has 0 spiro atoms. The largest absolute Gasteiger partial charge is 0.394 e. The van der Waals surface area contributed by atoms with Crippen molar-refractivity contribution in [3.63, 3.8) is 0 Å². The number of aliphatic hydroxyl groups excluding tert-OH is 1. The first-order valence-corrected chi connectivity index (χ1v) is 10.6. The van der Waals surface area contributed by atoms with E-state index in [1.54, 1.807) is 0 Å². The van der Waals surface area contributed by atoms with Gasteiger partial charge in [-0.05, 0) is 38.5 Å². The van der Waals surface area contributed by atoms with Crippen LogP contribution in [0.4, 0.5) is 0 Å². The molecule has 0 unspecified atom stereocenters. The summed E-state index contributed by atoms with van der Waals surface area (Å²) in [4.78, 5) is 12.5. The number of carbonyl (C=O) groups excluding carboxylic acids is 1. The second-order valence-electron chi connectivity index (χ2n) is 8.02. The molecule has 0 aromatic carbocycles. The quantitative estimate of drug-likeness (QED) is 0.724. The summed E-state index contributed by atoms with van der Waals surface area (Å²) in [6, 6.07) is -0.0804. The van der Waals surface area contributed by atoms with Crippen LogP contribution in [-0.4, -0.2) is 50.9 Å². The Bertz CT molecular complexity index is 586. The van der Waals surface area contributed by atoms with E-state index in [4.69, 9.17) is 4.74 Å². The van der Waals surface area contributed by atoms with Crippen LogP contribution in [0.25, 0.3) is 0 Å². The highest BCUT2D eigenvalue weighted by atomic mass is 16.5. The van der Waals surface area contributed by atoms with Gasteiger partial charge in [-0.25, -0.2) is 0 Å². The number of nitrogens with one attached hydrogen (secondary N) is 1. The minimum Gasteiger partial charge on any atom is -0.394 e. The van der Waals surface area contributed by atoms with Crippen molar-refractivity contribution in [2.75, 3.05) is 6.61 Å². The number of aliphatic hydroxyl groups is 1. The van der Waals surface area contributed by atoms with Crippen LogP contribution in [0.1, 0.15) is 70.4 Å². The van der Waals surface area contributed by atoms with E-state index in [0.29, 0.717) is 0 Å². The highest BCUT2D eigenvalue weighted by Crippen LogP contribution is 2.26. The first-order chi connectivity index (χ1) is 13.2. The Balaban J connectivity index is 1.44. The van der Waals surface area contributed by atoms with Gasteiger partial charge in [0.1, 0.15) is 6.10 Å². The Morgan fingerprint density at radius 2 is 2.11 bits per heavy atom. The van der Waals surface area contributed by atoms with Gasteiger partial charge in [0.05, 0.1) is 24.4 Å². The summed E-state index contributed by atoms with van der Waals surface area (Å²) in [5.74, 6) is 0.284. The van der Waals surface area contributed by atoms with Crippen molar-refractivity contribution in [2.24, 2.45) is 5.92 Å². The zero-order chi connectivity index (χ0) is 19.1. The molecule has 1 saturated carbocycles. The number of amides is 1. The molecular weight excluding hydrogens is 344 g/mol. The number of aryl methyl sites for hydroxylation is 2. The van der Waals surface area contributed by atoms with Gasteiger partial charge in [-0.2, -0.15) is 0 Å². The van der Waals surface area contributed by atoms with Crippen molar-refractivity contribution in [1.82, 2.24) is 20.3 Å². The number of aromatic nitrogens is 3. The molecule has 1 amide bonds. The topological polar surface area (TPSA) is 89.3 Å². The van der Waals surface area contributed by atoms with Gasteiger partial charge in [0.25, 0.3) is 0 Å². The molecule has 2 heterocycles. The van der Waals surface area contributed by atoms with Crippen LogP contribution in [0.15, 0.2) is 6.20 Å². The van der Waals surface area contributed by atoms with Gasteiger partial charge in [-0.3, -0.25) is 9.48 Å². The number of hydrogen-bond acceptors (Lipinski definition) is 5. The molecule has 0 bridgehead atoms. The molecule has 3 rings (SSSR count). The molecule has 1 aliphatic carbocycles. The lowest BCUT2D eigenvalue weighted by Gasteiger charge is -2.37. The molecule has 7 heteroatoms. The minimum atomic E-state index is -0.317. The fourth-order valence-corrected chi connectivity index (χ4v) is 4.27. The summed E-state index contributed by atoms with van der Waals surface area (Å²) in [5.41, 5.74) is 1.03. The van der Waals surface area contributed by atoms with Crippen LogP contribution in [0, 0.1) is 5.92 Å². The summed E-state index contributed by atoms with van der Waals surface area (Å²) >= 11 is 0. The highest BCUT2D eigenvalue weighted by Gasteiger charge is 2.33. The molecule has 3 atom stereocenters. The minimum absolute atomic E-state index is 0.0594. The van der Waals surface area contributed by atoms with Gasteiger partial charge >= 0.3 is 0 Å². The molecule has 2 N–H and O–H groups in total. The smallest absolute Gasteiger partial charge is 0.223 e. The van der Waals surface area contributed by atoms with E-state index in [1.165, 1.54) is 6.42 Å². The molecule has 1 aliphatic heterocycles. The molecule has 2 aliphatic rings. The Hall–Kier alpha value is -1.47. The molecule has 1 aromatic heterocycles. The third-order valence-electron chi connectivity index (χ3n) is 5.87. The van der Waals surface area contributed by atoms with Gasteiger partial charge in [0, 0.05) is 18.7 Å². The molecule has 7 nitrogen and oxygen atoms in total. The summed E-state index contributed by atoms with van der Waals surface area (Å²) in [5, 5.41) is 21.2. The normalized spacial score (nSPS) is 26.8. The van der Waals surface area contributed by atoms with Gasteiger partial charge in [0.2, 0.25) is 5.91 Å². The maximum Gasteiger partial charge on any atom is 0.223 e. The number of ether oxygens (including phenoxy) is 1. The SMILES string of the molecule is CCCc1cn(CC[C@H]2CC[C@H](NC(=O)C3CCCCC3)[C@H](CO)O2)nn1. The molecule has 2 fully saturated rings. The molecule has 152 valence electrons. The van der Waals surface area contributed by atoms with E-state index in [1.807, 2.05) is 10.9 Å². The Kier molecular flexibility index (Phi) is 7.64. The third-order valence-corrected chi connectivity index (χ3v) is 5.87. The van der Waals surface area contributed by atoms with E-state index in [9.17, 15) is 9.90 Å². The summed E-state index contributed by atoms with van der Waals surface area (Å²) in [6.45, 7) is 2.84. The van der Waals surface area contributed by atoms with Crippen molar-refractivity contribution < 1.29 is 14.6 Å². The average molecular weight is 379 g/mol. The fourth-order valence-electron chi connectivity index (χ4n) is 4.27. The average Bonchev–Trinajstić information content (AvgIpc) is 3.15. The van der Waals surface area contributed by atoms with Crippen molar-refractivity contribution in [3.8, 4) is 0 Å². The van der Waals surface area contributed by atoms with Gasteiger partial charge in [0.15, 0.2) is 0 Å². The first kappa shape index (κ1) is 20.3. The maximum atomic E-state index is 12.5. The van der Waals surface area contributed by atoms with Crippen molar-refractivity contribution in [2.45, 2.75) is 95.9 Å². The molecular formula is C20H34N4O3. The Labute approximate surface area is 161 Å². The van der Waals surface area contributed by atoms with Crippen LogP contribution < -0.4 is 5.32 Å². The van der Waals surface area contributed by atoms with E-state index < -0.39 is 0 Å². The van der Waals surface area contributed by atoms with E-state index in [-0.39, 0.29) is 36.7 Å². The highest BCUT2D eigenvalue weighted by molar-refractivity contribution is 5.79. The zero-order valence-electron chi connectivity index (χ0n) is 16.5. The number of rotatable bonds is 8. The van der Waals surface area contributed by atoms with E-state index in [0.717, 1.165) is 70.0 Å². The molecule has 1 saturated heterocycles. The van der Waals surface area contributed by atoms with Crippen molar-refractivity contribution in [3.05, 3.63) is 11.9 Å². The fraction of sp³-hybridized carbons (Fsp3) is 0.850. The van der Waals surface area contributed by atoms with Gasteiger partial charge in [-0.1, -0.05) is 37.8 Å². The maximum absolute atomic E-state index is 12.5. The lowest BCUT2D eigenvalue weighted by molar-refractivity contribution is -0.133. The van der Waals surface area contributed by atoms with Crippen LogP contribution in [0.5, 0.6) is 0 Å². The van der Waals surface area contributed by atoms with E-state index in [2.05, 4.69) is 22.6 Å². The number of carbonyl (C=O) groups is 1. The van der Waals surface area contributed by atoms with Crippen molar-refractivity contribution in [1.29, 1.82) is 0 Å². The van der Waals surface area contributed by atoms with Gasteiger partial charge in [-0.15, -0.1) is 5.10 Å². The Morgan fingerprint density at radius 3 is 2.85 bits per heavy atom. The molecule has 0 radical (unpaired) electrons. The van der Waals surface area contributed by atoms with Crippen LogP contribution in [-0.2, 0) is 22.5 Å². The van der Waals surface area contributed by atoms with Crippen LogP contribution in [0.2, 0.25) is 0 Å². The summed E-state index contributed by atoms with van der Waals surface area (Å²) < 4.78 is 7.96. The van der Waals surface area contributed by atoms with Crippen LogP contribution >= 0.6 is 0 Å². The predicted molar refractivity (Wildman–Crippen MR) is 102 cm³/mol. The second-order valence-corrected chi connectivity index (χ2v) is 8.02. The number of nitrogens with zero attached hydrogens (tertiary/aromatic N) is 3. The summed E-state index contributed by atoms with van der Waals surface area (Å²) in [7, 11) is 0. The molecule has 27 heavy (non-hydrogen) atoms. The molecule has 1 aromatic rings. The monoisotopic (exact) mass is 378 g/mol. The number of hydrogen-bond donors (Lipinski definition) is 2. The third kappa shape index (κ3) is 5.75. The predicted octanol–water partition coefficient (Wildman–Crippen LogP) is 2.23. The Morgan fingerprint density at radius 1 is 1.30 bits per heavy atom. The lowest BCUT2D eigenvalue weighted by Crippen LogP contribution is -2.52. The van der Waals surface area contributed by atoms with E-state index >= 15 is 0 Å². The first-order valence-electron chi connectivity index (χ1n) is 10.6.